The number of rotatable bonds is 9. The van der Waals surface area contributed by atoms with E-state index < -0.39 is 10.0 Å². The molecule has 0 bridgehead atoms. The van der Waals surface area contributed by atoms with Crippen molar-refractivity contribution in [3.05, 3.63) is 72.3 Å². The van der Waals surface area contributed by atoms with Crippen LogP contribution in [0.3, 0.4) is 0 Å². The summed E-state index contributed by atoms with van der Waals surface area (Å²) in [5, 5.41) is 2.87. The molecule has 1 aliphatic rings. The van der Waals surface area contributed by atoms with E-state index in [1.807, 2.05) is 17.8 Å². The number of amides is 1. The van der Waals surface area contributed by atoms with Gasteiger partial charge < -0.3 is 19.4 Å². The SMILES string of the molecule is Cn1ccnc1COc1ccc(NC(=O)CCc2ccc(S(=O)(=O)N3CCOCC3)cc2)cc1. The molecule has 2 aromatic carbocycles. The van der Waals surface area contributed by atoms with Crippen LogP contribution >= 0.6 is 0 Å². The summed E-state index contributed by atoms with van der Waals surface area (Å²) in [4.78, 5) is 16.8. The normalized spacial score (nSPS) is 14.6. The van der Waals surface area contributed by atoms with Crippen molar-refractivity contribution in [1.29, 1.82) is 0 Å². The molecule has 0 radical (unpaired) electrons. The Morgan fingerprint density at radius 3 is 2.44 bits per heavy atom. The van der Waals surface area contributed by atoms with Gasteiger partial charge >= 0.3 is 0 Å². The highest BCUT2D eigenvalue weighted by atomic mass is 32.2. The number of aromatic nitrogens is 2. The van der Waals surface area contributed by atoms with Crippen molar-refractivity contribution in [3.63, 3.8) is 0 Å². The number of sulfonamides is 1. The monoisotopic (exact) mass is 484 g/mol. The number of carbonyl (C=O) groups is 1. The van der Waals surface area contributed by atoms with Gasteiger partial charge in [-0.15, -0.1) is 0 Å². The Kier molecular flexibility index (Phi) is 7.61. The van der Waals surface area contributed by atoms with Gasteiger partial charge in [0.15, 0.2) is 0 Å². The summed E-state index contributed by atoms with van der Waals surface area (Å²) in [7, 11) is -1.61. The van der Waals surface area contributed by atoms with Crippen LogP contribution in [-0.2, 0) is 39.6 Å². The summed E-state index contributed by atoms with van der Waals surface area (Å²) >= 11 is 0. The summed E-state index contributed by atoms with van der Waals surface area (Å²) in [6.07, 6.45) is 4.37. The number of ether oxygens (including phenoxy) is 2. The molecule has 2 heterocycles. The molecule has 9 nitrogen and oxygen atoms in total. The number of morpholine rings is 1. The average molecular weight is 485 g/mol. The largest absolute Gasteiger partial charge is 0.486 e. The third-order valence-corrected chi connectivity index (χ3v) is 7.51. The van der Waals surface area contributed by atoms with Gasteiger partial charge in [0.25, 0.3) is 0 Å². The topological polar surface area (TPSA) is 103 Å². The third-order valence-electron chi connectivity index (χ3n) is 5.60. The Morgan fingerprint density at radius 1 is 1.09 bits per heavy atom. The van der Waals surface area contributed by atoms with Gasteiger partial charge in [-0.2, -0.15) is 4.31 Å². The summed E-state index contributed by atoms with van der Waals surface area (Å²) < 4.78 is 39.7. The number of hydrogen-bond acceptors (Lipinski definition) is 6. The molecule has 0 spiro atoms. The molecular formula is C24H28N4O5S. The molecule has 1 fully saturated rings. The van der Waals surface area contributed by atoms with Crippen molar-refractivity contribution in [2.75, 3.05) is 31.6 Å². The maximum Gasteiger partial charge on any atom is 0.243 e. The van der Waals surface area contributed by atoms with E-state index in [0.29, 0.717) is 50.8 Å². The van der Waals surface area contributed by atoms with E-state index >= 15 is 0 Å². The molecule has 34 heavy (non-hydrogen) atoms. The van der Waals surface area contributed by atoms with E-state index in [9.17, 15) is 13.2 Å². The first-order chi connectivity index (χ1) is 16.4. The highest BCUT2D eigenvalue weighted by Gasteiger charge is 2.26. The van der Waals surface area contributed by atoms with E-state index in [1.165, 1.54) is 4.31 Å². The highest BCUT2D eigenvalue weighted by Crippen LogP contribution is 2.19. The predicted octanol–water partition coefficient (Wildman–Crippen LogP) is 2.59. The lowest BCUT2D eigenvalue weighted by atomic mass is 10.1. The lowest BCUT2D eigenvalue weighted by molar-refractivity contribution is -0.116. The number of carbonyl (C=O) groups excluding carboxylic acids is 1. The summed E-state index contributed by atoms with van der Waals surface area (Å²) in [6.45, 7) is 1.91. The van der Waals surface area contributed by atoms with Gasteiger partial charge in [0.2, 0.25) is 15.9 Å². The van der Waals surface area contributed by atoms with E-state index in [2.05, 4.69) is 10.3 Å². The van der Waals surface area contributed by atoms with E-state index in [4.69, 9.17) is 9.47 Å². The molecule has 3 aromatic rings. The summed E-state index contributed by atoms with van der Waals surface area (Å²) in [5.41, 5.74) is 1.58. The minimum atomic E-state index is -3.51. The van der Waals surface area contributed by atoms with Crippen LogP contribution in [0.5, 0.6) is 5.75 Å². The summed E-state index contributed by atoms with van der Waals surface area (Å²) in [6, 6.07) is 13.9. The second-order valence-corrected chi connectivity index (χ2v) is 9.91. The summed E-state index contributed by atoms with van der Waals surface area (Å²) in [5.74, 6) is 1.39. The molecule has 0 saturated carbocycles. The van der Waals surface area contributed by atoms with Crippen molar-refractivity contribution in [2.24, 2.45) is 7.05 Å². The molecule has 4 rings (SSSR count). The van der Waals surface area contributed by atoms with Crippen LogP contribution in [0.4, 0.5) is 5.69 Å². The minimum absolute atomic E-state index is 0.119. The molecular weight excluding hydrogens is 456 g/mol. The molecule has 1 aliphatic heterocycles. The first-order valence-corrected chi connectivity index (χ1v) is 12.5. The van der Waals surface area contributed by atoms with Crippen LogP contribution < -0.4 is 10.1 Å². The molecule has 0 aliphatic carbocycles. The van der Waals surface area contributed by atoms with Crippen LogP contribution in [0, 0.1) is 0 Å². The maximum atomic E-state index is 12.7. The van der Waals surface area contributed by atoms with Crippen LogP contribution in [0.15, 0.2) is 65.8 Å². The van der Waals surface area contributed by atoms with E-state index in [0.717, 1.165) is 11.4 Å². The van der Waals surface area contributed by atoms with Crippen molar-refractivity contribution in [2.45, 2.75) is 24.3 Å². The second-order valence-electron chi connectivity index (χ2n) is 7.98. The smallest absolute Gasteiger partial charge is 0.243 e. The molecule has 10 heteroatoms. The van der Waals surface area contributed by atoms with Gasteiger partial charge in [-0.3, -0.25) is 4.79 Å². The highest BCUT2D eigenvalue weighted by molar-refractivity contribution is 7.89. The van der Waals surface area contributed by atoms with Gasteiger partial charge in [-0.25, -0.2) is 13.4 Å². The Bertz CT molecular complexity index is 1200. The number of benzene rings is 2. The quantitative estimate of drug-likeness (QED) is 0.501. The molecule has 1 saturated heterocycles. The van der Waals surface area contributed by atoms with Crippen LogP contribution in [0.25, 0.3) is 0 Å². The standard InChI is InChI=1S/C24H28N4O5S/c1-27-13-12-25-23(27)18-33-21-7-5-20(6-8-21)26-24(29)11-4-19-2-9-22(10-3-19)34(30,31)28-14-16-32-17-15-28/h2-3,5-10,12-13H,4,11,14-18H2,1H3,(H,26,29). The molecule has 0 atom stereocenters. The fraction of sp³-hybridized carbons (Fsp3) is 0.333. The van der Waals surface area contributed by atoms with Gasteiger partial charge in [-0.1, -0.05) is 12.1 Å². The molecule has 180 valence electrons. The Balaban J connectivity index is 1.24. The molecule has 1 aromatic heterocycles. The van der Waals surface area contributed by atoms with Gasteiger partial charge in [0.1, 0.15) is 18.2 Å². The third kappa shape index (κ3) is 6.02. The predicted molar refractivity (Wildman–Crippen MR) is 127 cm³/mol. The Labute approximate surface area is 199 Å². The lowest BCUT2D eigenvalue weighted by Gasteiger charge is -2.26. The fourth-order valence-corrected chi connectivity index (χ4v) is 4.97. The van der Waals surface area contributed by atoms with Crippen LogP contribution in [0.1, 0.15) is 17.8 Å². The number of nitrogens with zero attached hydrogens (tertiary/aromatic N) is 3. The van der Waals surface area contributed by atoms with Gasteiger partial charge in [-0.05, 0) is 48.4 Å². The zero-order valence-electron chi connectivity index (χ0n) is 19.0. The molecule has 0 unspecified atom stereocenters. The zero-order chi connectivity index (χ0) is 24.0. The average Bonchev–Trinajstić information content (AvgIpc) is 3.27. The minimum Gasteiger partial charge on any atom is -0.486 e. The molecule has 1 N–H and O–H groups in total. The van der Waals surface area contributed by atoms with Crippen molar-refractivity contribution in [3.8, 4) is 5.75 Å². The number of aryl methyl sites for hydroxylation is 2. The van der Waals surface area contributed by atoms with E-state index in [1.54, 1.807) is 54.7 Å². The van der Waals surface area contributed by atoms with Crippen molar-refractivity contribution >= 4 is 21.6 Å². The van der Waals surface area contributed by atoms with Crippen molar-refractivity contribution in [1.82, 2.24) is 13.9 Å². The number of nitrogens with one attached hydrogen (secondary N) is 1. The van der Waals surface area contributed by atoms with Gasteiger partial charge in [0, 0.05) is 44.6 Å². The number of imidazole rings is 1. The lowest BCUT2D eigenvalue weighted by Crippen LogP contribution is -2.40. The van der Waals surface area contributed by atoms with Crippen molar-refractivity contribution < 1.29 is 22.7 Å². The van der Waals surface area contributed by atoms with Crippen LogP contribution in [-0.4, -0.2) is 54.5 Å². The number of hydrogen-bond donors (Lipinski definition) is 1. The zero-order valence-corrected chi connectivity index (χ0v) is 19.8. The number of anilines is 1. The molecule has 1 amide bonds. The Hall–Kier alpha value is -3.21. The maximum absolute atomic E-state index is 12.7. The van der Waals surface area contributed by atoms with E-state index in [-0.39, 0.29) is 17.2 Å². The van der Waals surface area contributed by atoms with Crippen LogP contribution in [0.2, 0.25) is 0 Å². The Morgan fingerprint density at radius 2 is 1.79 bits per heavy atom. The fourth-order valence-electron chi connectivity index (χ4n) is 3.56. The second kappa shape index (κ2) is 10.8. The van der Waals surface area contributed by atoms with Gasteiger partial charge in [0.05, 0.1) is 18.1 Å². The first-order valence-electron chi connectivity index (χ1n) is 11.1. The first kappa shape index (κ1) is 23.9.